The van der Waals surface area contributed by atoms with Crippen LogP contribution in [-0.4, -0.2) is 38.7 Å². The molecule has 130 valence electrons. The molecule has 0 unspecified atom stereocenters. The molecule has 0 saturated carbocycles. The van der Waals surface area contributed by atoms with Gasteiger partial charge in [-0.1, -0.05) is 17.3 Å². The molecule has 9 heteroatoms. The molecule has 0 atom stereocenters. The van der Waals surface area contributed by atoms with Gasteiger partial charge in [-0.05, 0) is 26.0 Å². The van der Waals surface area contributed by atoms with E-state index in [2.05, 4.69) is 10.1 Å². The number of benzene rings is 1. The largest absolute Gasteiger partial charge is 0.480 e. The number of carboxylic acids is 1. The summed E-state index contributed by atoms with van der Waals surface area (Å²) in [7, 11) is 0. The van der Waals surface area contributed by atoms with Crippen LogP contribution in [0.25, 0.3) is 11.4 Å². The Labute approximate surface area is 135 Å². The van der Waals surface area contributed by atoms with Crippen molar-refractivity contribution in [3.8, 4) is 11.4 Å². The van der Waals surface area contributed by atoms with Crippen LogP contribution in [0.5, 0.6) is 0 Å². The number of hydrogen-bond donors (Lipinski definition) is 1. The minimum atomic E-state index is -4.46. The van der Waals surface area contributed by atoms with Gasteiger partial charge in [-0.2, -0.15) is 18.2 Å². The number of nitrogens with zero attached hydrogens (tertiary/aromatic N) is 3. The van der Waals surface area contributed by atoms with Crippen molar-refractivity contribution < 1.29 is 27.6 Å². The van der Waals surface area contributed by atoms with Crippen molar-refractivity contribution in [1.29, 1.82) is 0 Å². The van der Waals surface area contributed by atoms with Crippen molar-refractivity contribution in [2.75, 3.05) is 6.54 Å². The van der Waals surface area contributed by atoms with Crippen LogP contribution in [0.1, 0.15) is 25.3 Å². The number of aromatic nitrogens is 2. The zero-order chi connectivity index (χ0) is 17.9. The summed E-state index contributed by atoms with van der Waals surface area (Å²) in [6.07, 6.45) is -4.46. The average Bonchev–Trinajstić information content (AvgIpc) is 2.94. The second-order valence-electron chi connectivity index (χ2n) is 5.48. The Morgan fingerprint density at radius 2 is 2.08 bits per heavy atom. The Hall–Kier alpha value is -2.42. The summed E-state index contributed by atoms with van der Waals surface area (Å²) in [5.74, 6) is -0.839. The van der Waals surface area contributed by atoms with Gasteiger partial charge in [-0.25, -0.2) is 0 Å². The molecule has 0 aliphatic heterocycles. The summed E-state index contributed by atoms with van der Waals surface area (Å²) >= 11 is 0. The minimum Gasteiger partial charge on any atom is -0.480 e. The van der Waals surface area contributed by atoms with E-state index in [0.717, 1.165) is 12.1 Å². The van der Waals surface area contributed by atoms with E-state index >= 15 is 0 Å². The number of rotatable bonds is 6. The Bertz CT molecular complexity index is 713. The summed E-state index contributed by atoms with van der Waals surface area (Å²) in [4.78, 5) is 16.5. The topological polar surface area (TPSA) is 79.5 Å². The van der Waals surface area contributed by atoms with E-state index in [4.69, 9.17) is 9.63 Å². The number of halogens is 3. The standard InChI is InChI=1S/C15H16F3N3O3/c1-9(2)21(8-13(22)23)7-12-19-14(20-24-12)10-4-3-5-11(6-10)15(16,17)18/h3-6,9H,7-8H2,1-2H3,(H,22,23). The maximum atomic E-state index is 12.7. The SMILES string of the molecule is CC(C)N(CC(=O)O)Cc1nc(-c2cccc(C(F)(F)F)c2)no1. The van der Waals surface area contributed by atoms with Crippen molar-refractivity contribution in [3.05, 3.63) is 35.7 Å². The van der Waals surface area contributed by atoms with Gasteiger partial charge in [0.1, 0.15) is 0 Å². The first-order chi connectivity index (χ1) is 11.2. The number of aliphatic carboxylic acids is 1. The molecule has 0 saturated heterocycles. The number of alkyl halides is 3. The molecular weight excluding hydrogens is 327 g/mol. The molecule has 0 fully saturated rings. The van der Waals surface area contributed by atoms with E-state index in [0.29, 0.717) is 0 Å². The van der Waals surface area contributed by atoms with Gasteiger partial charge in [0.2, 0.25) is 11.7 Å². The lowest BCUT2D eigenvalue weighted by atomic mass is 10.1. The molecule has 1 N–H and O–H groups in total. The molecular formula is C15H16F3N3O3. The summed E-state index contributed by atoms with van der Waals surface area (Å²) in [6.45, 7) is 3.51. The van der Waals surface area contributed by atoms with Crippen molar-refractivity contribution in [3.63, 3.8) is 0 Å². The zero-order valence-electron chi connectivity index (χ0n) is 13.0. The molecule has 6 nitrogen and oxygen atoms in total. The van der Waals surface area contributed by atoms with Gasteiger partial charge in [-0.3, -0.25) is 9.69 Å². The first kappa shape index (κ1) is 17.9. The molecule has 0 bridgehead atoms. The molecule has 1 heterocycles. The van der Waals surface area contributed by atoms with Gasteiger partial charge in [0.25, 0.3) is 0 Å². The lowest BCUT2D eigenvalue weighted by Gasteiger charge is -2.22. The molecule has 2 rings (SSSR count). The average molecular weight is 343 g/mol. The third-order valence-corrected chi connectivity index (χ3v) is 3.32. The van der Waals surface area contributed by atoms with E-state index in [1.807, 2.05) is 13.8 Å². The van der Waals surface area contributed by atoms with Gasteiger partial charge in [0, 0.05) is 11.6 Å². The highest BCUT2D eigenvalue weighted by atomic mass is 19.4. The molecule has 1 aromatic carbocycles. The summed E-state index contributed by atoms with van der Waals surface area (Å²) in [5.41, 5.74) is -0.629. The van der Waals surface area contributed by atoms with E-state index in [1.54, 1.807) is 4.90 Å². The third-order valence-electron chi connectivity index (χ3n) is 3.32. The van der Waals surface area contributed by atoms with E-state index in [-0.39, 0.29) is 36.4 Å². The van der Waals surface area contributed by atoms with Crippen LogP contribution in [-0.2, 0) is 17.5 Å². The van der Waals surface area contributed by atoms with E-state index < -0.39 is 17.7 Å². The number of carbonyl (C=O) groups is 1. The number of hydrogen-bond acceptors (Lipinski definition) is 5. The van der Waals surface area contributed by atoms with Crippen LogP contribution in [0.4, 0.5) is 13.2 Å². The van der Waals surface area contributed by atoms with E-state index in [9.17, 15) is 18.0 Å². The second kappa shape index (κ2) is 7.00. The molecule has 0 amide bonds. The van der Waals surface area contributed by atoms with Crippen molar-refractivity contribution in [1.82, 2.24) is 15.0 Å². The third kappa shape index (κ3) is 4.54. The van der Waals surface area contributed by atoms with Gasteiger partial charge >= 0.3 is 12.1 Å². The van der Waals surface area contributed by atoms with E-state index in [1.165, 1.54) is 12.1 Å². The lowest BCUT2D eigenvalue weighted by molar-refractivity contribution is -0.139. The summed E-state index contributed by atoms with van der Waals surface area (Å²) in [5, 5.41) is 12.6. The Morgan fingerprint density at radius 1 is 1.38 bits per heavy atom. The highest BCUT2D eigenvalue weighted by molar-refractivity contribution is 5.69. The highest BCUT2D eigenvalue weighted by Gasteiger charge is 2.30. The van der Waals surface area contributed by atoms with Crippen LogP contribution in [0.15, 0.2) is 28.8 Å². The van der Waals surface area contributed by atoms with Gasteiger partial charge in [0.15, 0.2) is 0 Å². The fraction of sp³-hybridized carbons (Fsp3) is 0.400. The second-order valence-corrected chi connectivity index (χ2v) is 5.48. The summed E-state index contributed by atoms with van der Waals surface area (Å²) in [6, 6.07) is 4.52. The Kier molecular flexibility index (Phi) is 5.23. The number of carboxylic acid groups (broad SMARTS) is 1. The molecule has 0 radical (unpaired) electrons. The van der Waals surface area contributed by atoms with Gasteiger partial charge in [0.05, 0.1) is 18.7 Å². The van der Waals surface area contributed by atoms with Crippen LogP contribution in [0, 0.1) is 0 Å². The maximum absolute atomic E-state index is 12.7. The molecule has 1 aromatic heterocycles. The highest BCUT2D eigenvalue weighted by Crippen LogP contribution is 2.31. The first-order valence-electron chi connectivity index (χ1n) is 7.13. The van der Waals surface area contributed by atoms with Crippen molar-refractivity contribution in [2.24, 2.45) is 0 Å². The van der Waals surface area contributed by atoms with Crippen LogP contribution in [0.2, 0.25) is 0 Å². The first-order valence-corrected chi connectivity index (χ1v) is 7.13. The maximum Gasteiger partial charge on any atom is 0.416 e. The fourth-order valence-corrected chi connectivity index (χ4v) is 2.04. The van der Waals surface area contributed by atoms with Crippen molar-refractivity contribution >= 4 is 5.97 Å². The lowest BCUT2D eigenvalue weighted by Crippen LogP contribution is -2.35. The summed E-state index contributed by atoms with van der Waals surface area (Å²) < 4.78 is 43.3. The Morgan fingerprint density at radius 3 is 2.67 bits per heavy atom. The van der Waals surface area contributed by atoms with Gasteiger partial charge < -0.3 is 9.63 Å². The zero-order valence-corrected chi connectivity index (χ0v) is 13.0. The van der Waals surface area contributed by atoms with Gasteiger partial charge in [-0.15, -0.1) is 0 Å². The fourth-order valence-electron chi connectivity index (χ4n) is 2.04. The van der Waals surface area contributed by atoms with Crippen molar-refractivity contribution in [2.45, 2.75) is 32.6 Å². The minimum absolute atomic E-state index is 0.0233. The normalized spacial score (nSPS) is 12.1. The Balaban J connectivity index is 2.20. The molecule has 0 spiro atoms. The molecule has 0 aliphatic carbocycles. The molecule has 0 aliphatic rings. The smallest absolute Gasteiger partial charge is 0.416 e. The van der Waals surface area contributed by atoms with Crippen LogP contribution < -0.4 is 0 Å². The quantitative estimate of drug-likeness (QED) is 0.868. The predicted octanol–water partition coefficient (Wildman–Crippen LogP) is 3.05. The van der Waals surface area contributed by atoms with Crippen LogP contribution >= 0.6 is 0 Å². The molecule has 2 aromatic rings. The predicted molar refractivity (Wildman–Crippen MR) is 77.9 cm³/mol. The van der Waals surface area contributed by atoms with Crippen LogP contribution in [0.3, 0.4) is 0 Å². The molecule has 24 heavy (non-hydrogen) atoms. The monoisotopic (exact) mass is 343 g/mol.